The lowest BCUT2D eigenvalue weighted by atomic mass is 10.2. The first kappa shape index (κ1) is 17.8. The van der Waals surface area contributed by atoms with E-state index in [4.69, 9.17) is 4.74 Å². The van der Waals surface area contributed by atoms with Gasteiger partial charge in [0.05, 0.1) is 18.8 Å². The molecule has 1 aromatic heterocycles. The summed E-state index contributed by atoms with van der Waals surface area (Å²) < 4.78 is 5.71. The average molecular weight is 326 g/mol. The Morgan fingerprint density at radius 2 is 1.88 bits per heavy atom. The van der Waals surface area contributed by atoms with Gasteiger partial charge in [0.1, 0.15) is 12.4 Å². The zero-order valence-electron chi connectivity index (χ0n) is 14.7. The van der Waals surface area contributed by atoms with Gasteiger partial charge in [-0.2, -0.15) is 0 Å². The number of aliphatic imine (C=N–C) groups is 1. The molecule has 0 amide bonds. The highest BCUT2D eigenvalue weighted by molar-refractivity contribution is 5.79. The third-order valence-corrected chi connectivity index (χ3v) is 3.37. The van der Waals surface area contributed by atoms with Crippen molar-refractivity contribution in [1.82, 2.24) is 15.6 Å². The fraction of sp³-hybridized carbons (Fsp3) is 0.368. The first-order valence-corrected chi connectivity index (χ1v) is 8.31. The summed E-state index contributed by atoms with van der Waals surface area (Å²) in [5.41, 5.74) is 3.20. The van der Waals surface area contributed by atoms with Crippen molar-refractivity contribution < 1.29 is 4.74 Å². The molecule has 1 heterocycles. The first-order valence-electron chi connectivity index (χ1n) is 8.31. The SMILES string of the molecule is CCNC(=NCc1cccc(C)n1)NCCOc1ccc(C)cc1. The van der Waals surface area contributed by atoms with Crippen molar-refractivity contribution in [3.63, 3.8) is 0 Å². The topological polar surface area (TPSA) is 58.5 Å². The third-order valence-electron chi connectivity index (χ3n) is 3.37. The molecular formula is C19H26N4O. The van der Waals surface area contributed by atoms with Gasteiger partial charge in [0.25, 0.3) is 0 Å². The highest BCUT2D eigenvalue weighted by Gasteiger charge is 1.99. The largest absolute Gasteiger partial charge is 0.492 e. The summed E-state index contributed by atoms with van der Waals surface area (Å²) in [5, 5.41) is 6.50. The number of pyridine rings is 1. The third kappa shape index (κ3) is 6.28. The number of ether oxygens (including phenoxy) is 1. The van der Waals surface area contributed by atoms with Crippen molar-refractivity contribution in [3.8, 4) is 5.75 Å². The van der Waals surface area contributed by atoms with Crippen LogP contribution in [0.1, 0.15) is 23.9 Å². The van der Waals surface area contributed by atoms with Crippen LogP contribution in [0.15, 0.2) is 47.5 Å². The summed E-state index contributed by atoms with van der Waals surface area (Å²) in [6, 6.07) is 14.0. The normalized spacial score (nSPS) is 11.2. The lowest BCUT2D eigenvalue weighted by Gasteiger charge is -2.12. The van der Waals surface area contributed by atoms with Gasteiger partial charge in [-0.05, 0) is 45.0 Å². The number of hydrogen-bond donors (Lipinski definition) is 2. The Hall–Kier alpha value is -2.56. The number of rotatable bonds is 7. The van der Waals surface area contributed by atoms with E-state index in [1.165, 1.54) is 5.56 Å². The summed E-state index contributed by atoms with van der Waals surface area (Å²) in [4.78, 5) is 9.02. The van der Waals surface area contributed by atoms with Crippen LogP contribution in [0.3, 0.4) is 0 Å². The molecule has 2 N–H and O–H groups in total. The summed E-state index contributed by atoms with van der Waals surface area (Å²) in [6.07, 6.45) is 0. The lowest BCUT2D eigenvalue weighted by Crippen LogP contribution is -2.39. The van der Waals surface area contributed by atoms with Gasteiger partial charge in [0, 0.05) is 12.2 Å². The van der Waals surface area contributed by atoms with E-state index in [9.17, 15) is 0 Å². The second kappa shape index (κ2) is 9.55. The molecule has 2 aromatic rings. The van der Waals surface area contributed by atoms with Crippen molar-refractivity contribution in [2.45, 2.75) is 27.3 Å². The molecule has 0 aliphatic rings. The van der Waals surface area contributed by atoms with E-state index in [-0.39, 0.29) is 0 Å². The monoisotopic (exact) mass is 326 g/mol. The molecule has 0 aliphatic heterocycles. The predicted octanol–water partition coefficient (Wildman–Crippen LogP) is 2.83. The van der Waals surface area contributed by atoms with Gasteiger partial charge in [-0.15, -0.1) is 0 Å². The molecule has 0 saturated carbocycles. The summed E-state index contributed by atoms with van der Waals surface area (Å²) >= 11 is 0. The smallest absolute Gasteiger partial charge is 0.191 e. The van der Waals surface area contributed by atoms with Gasteiger partial charge < -0.3 is 15.4 Å². The Balaban J connectivity index is 1.79. The van der Waals surface area contributed by atoms with Crippen LogP contribution in [0.2, 0.25) is 0 Å². The Kier molecular flexibility index (Phi) is 7.08. The van der Waals surface area contributed by atoms with Crippen LogP contribution in [0.5, 0.6) is 5.75 Å². The number of nitrogens with zero attached hydrogens (tertiary/aromatic N) is 2. The Labute approximate surface area is 144 Å². The van der Waals surface area contributed by atoms with Crippen LogP contribution in [0, 0.1) is 13.8 Å². The molecule has 0 saturated heterocycles. The molecule has 128 valence electrons. The average Bonchev–Trinajstić information content (AvgIpc) is 2.58. The van der Waals surface area contributed by atoms with Crippen LogP contribution in [0.25, 0.3) is 0 Å². The van der Waals surface area contributed by atoms with Gasteiger partial charge in [-0.25, -0.2) is 4.99 Å². The Morgan fingerprint density at radius 1 is 1.08 bits per heavy atom. The second-order valence-corrected chi connectivity index (χ2v) is 5.55. The zero-order chi connectivity index (χ0) is 17.2. The van der Waals surface area contributed by atoms with Gasteiger partial charge in [0.2, 0.25) is 0 Å². The molecule has 0 spiro atoms. The molecule has 0 fully saturated rings. The second-order valence-electron chi connectivity index (χ2n) is 5.55. The van der Waals surface area contributed by atoms with Gasteiger partial charge in [-0.3, -0.25) is 4.98 Å². The number of aryl methyl sites for hydroxylation is 2. The van der Waals surface area contributed by atoms with Crippen molar-refractivity contribution in [2.24, 2.45) is 4.99 Å². The van der Waals surface area contributed by atoms with E-state index in [0.717, 1.165) is 29.6 Å². The van der Waals surface area contributed by atoms with Crippen molar-refractivity contribution in [1.29, 1.82) is 0 Å². The predicted molar refractivity (Wildman–Crippen MR) is 98.5 cm³/mol. The van der Waals surface area contributed by atoms with Crippen molar-refractivity contribution in [2.75, 3.05) is 19.7 Å². The molecule has 1 aromatic carbocycles. The maximum Gasteiger partial charge on any atom is 0.191 e. The highest BCUT2D eigenvalue weighted by atomic mass is 16.5. The summed E-state index contributed by atoms with van der Waals surface area (Å²) in [7, 11) is 0. The number of hydrogen-bond acceptors (Lipinski definition) is 3. The number of benzene rings is 1. The molecule has 0 unspecified atom stereocenters. The van der Waals surface area contributed by atoms with Crippen molar-refractivity contribution in [3.05, 3.63) is 59.4 Å². The van der Waals surface area contributed by atoms with Crippen molar-refractivity contribution >= 4 is 5.96 Å². The maximum absolute atomic E-state index is 5.71. The van der Waals surface area contributed by atoms with Crippen LogP contribution in [-0.4, -0.2) is 30.6 Å². The molecule has 5 nitrogen and oxygen atoms in total. The van der Waals surface area contributed by atoms with Crippen LogP contribution < -0.4 is 15.4 Å². The van der Waals surface area contributed by atoms with Gasteiger partial charge >= 0.3 is 0 Å². The zero-order valence-corrected chi connectivity index (χ0v) is 14.7. The van der Waals surface area contributed by atoms with Crippen LogP contribution >= 0.6 is 0 Å². The van der Waals surface area contributed by atoms with E-state index >= 15 is 0 Å². The minimum atomic E-state index is 0.551. The molecule has 0 atom stereocenters. The van der Waals surface area contributed by atoms with E-state index < -0.39 is 0 Å². The fourth-order valence-electron chi connectivity index (χ4n) is 2.16. The number of nitrogens with one attached hydrogen (secondary N) is 2. The van der Waals surface area contributed by atoms with Gasteiger partial charge in [0.15, 0.2) is 5.96 Å². The Bertz CT molecular complexity index is 653. The van der Waals surface area contributed by atoms with E-state index in [1.54, 1.807) is 0 Å². The van der Waals surface area contributed by atoms with Gasteiger partial charge in [-0.1, -0.05) is 23.8 Å². The summed E-state index contributed by atoms with van der Waals surface area (Å²) in [6.45, 7) is 8.72. The maximum atomic E-state index is 5.71. The number of guanidine groups is 1. The summed E-state index contributed by atoms with van der Waals surface area (Å²) in [5.74, 6) is 1.65. The van der Waals surface area contributed by atoms with E-state index in [1.807, 2.05) is 56.3 Å². The molecule has 24 heavy (non-hydrogen) atoms. The molecule has 2 rings (SSSR count). The number of aromatic nitrogens is 1. The Morgan fingerprint density at radius 3 is 2.58 bits per heavy atom. The minimum Gasteiger partial charge on any atom is -0.492 e. The van der Waals surface area contributed by atoms with E-state index in [2.05, 4.69) is 27.5 Å². The van der Waals surface area contributed by atoms with E-state index in [0.29, 0.717) is 19.7 Å². The fourth-order valence-corrected chi connectivity index (χ4v) is 2.16. The first-order chi connectivity index (χ1) is 11.7. The lowest BCUT2D eigenvalue weighted by molar-refractivity contribution is 0.322. The molecular weight excluding hydrogens is 300 g/mol. The van der Waals surface area contributed by atoms with Crippen LogP contribution in [0.4, 0.5) is 0 Å². The standard InChI is InChI=1S/C19H26N4O/c1-4-20-19(22-14-17-7-5-6-16(3)23-17)21-12-13-24-18-10-8-15(2)9-11-18/h5-11H,4,12-14H2,1-3H3,(H2,20,21,22). The molecule has 0 radical (unpaired) electrons. The highest BCUT2D eigenvalue weighted by Crippen LogP contribution is 2.10. The van der Waals surface area contributed by atoms with Crippen LogP contribution in [-0.2, 0) is 6.54 Å². The minimum absolute atomic E-state index is 0.551. The molecule has 0 bridgehead atoms. The molecule has 0 aliphatic carbocycles. The molecule has 5 heteroatoms. The quantitative estimate of drug-likeness (QED) is 0.467.